The van der Waals surface area contributed by atoms with Gasteiger partial charge in [0.1, 0.15) is 13.1 Å². The van der Waals surface area contributed by atoms with Crippen LogP contribution in [-0.2, 0) is 13.1 Å². The maximum atomic E-state index is 2.37. The van der Waals surface area contributed by atoms with Crippen LogP contribution >= 0.6 is 0 Å². The van der Waals surface area contributed by atoms with Crippen molar-refractivity contribution in [2.24, 2.45) is 0 Å². The minimum absolute atomic E-state index is 0. The van der Waals surface area contributed by atoms with E-state index < -0.39 is 0 Å². The maximum absolute atomic E-state index is 2.37. The highest BCUT2D eigenvalue weighted by atomic mass is 127. The summed E-state index contributed by atoms with van der Waals surface area (Å²) in [5.74, 6) is 0. The van der Waals surface area contributed by atoms with Crippen molar-refractivity contribution < 1.29 is 28.5 Å². The third kappa shape index (κ3) is 25.1. The molecule has 2 aromatic rings. The molecule has 0 spiro atoms. The van der Waals surface area contributed by atoms with E-state index in [0.29, 0.717) is 0 Å². The van der Waals surface area contributed by atoms with E-state index in [4.69, 9.17) is 0 Å². The number of benzene rings is 2. The van der Waals surface area contributed by atoms with Crippen molar-refractivity contribution in [3.63, 3.8) is 0 Å². The third-order valence-corrected chi connectivity index (χ3v) is 10.7. The Labute approximate surface area is 318 Å². The Hall–Kier alpha value is -0.870. The number of halogens is 1. The summed E-state index contributed by atoms with van der Waals surface area (Å²) in [6, 6.07) is 22.8. The Morgan fingerprint density at radius 2 is 0.542 bits per heavy atom. The molecule has 0 unspecified atom stereocenters. The lowest BCUT2D eigenvalue weighted by molar-refractivity contribution is -0.954. The molecular formula is C46H80IN. The van der Waals surface area contributed by atoms with E-state index in [1.807, 2.05) is 0 Å². The molecule has 276 valence electrons. The molecule has 0 amide bonds. The van der Waals surface area contributed by atoms with E-state index in [-0.39, 0.29) is 24.0 Å². The number of hydrogen-bond donors (Lipinski definition) is 0. The zero-order valence-electron chi connectivity index (χ0n) is 32.2. The molecule has 2 rings (SSSR count). The van der Waals surface area contributed by atoms with Crippen LogP contribution in [0.4, 0.5) is 0 Å². The summed E-state index contributed by atoms with van der Waals surface area (Å²) in [5.41, 5.74) is 3.03. The van der Waals surface area contributed by atoms with Gasteiger partial charge in [-0.15, -0.1) is 0 Å². The zero-order chi connectivity index (χ0) is 33.4. The largest absolute Gasteiger partial charge is 1.00 e. The fourth-order valence-electron chi connectivity index (χ4n) is 7.71. The van der Waals surface area contributed by atoms with Gasteiger partial charge in [-0.25, -0.2) is 0 Å². The van der Waals surface area contributed by atoms with E-state index in [1.165, 1.54) is 222 Å². The summed E-state index contributed by atoms with van der Waals surface area (Å²) in [7, 11) is 0. The monoisotopic (exact) mass is 774 g/mol. The third-order valence-electron chi connectivity index (χ3n) is 10.7. The number of unbranched alkanes of at least 4 members (excludes halogenated alkanes) is 26. The van der Waals surface area contributed by atoms with E-state index in [1.54, 1.807) is 0 Å². The van der Waals surface area contributed by atoms with Crippen molar-refractivity contribution in [2.75, 3.05) is 13.1 Å². The Morgan fingerprint density at radius 1 is 0.312 bits per heavy atom. The van der Waals surface area contributed by atoms with E-state index in [9.17, 15) is 0 Å². The van der Waals surface area contributed by atoms with Gasteiger partial charge in [-0.1, -0.05) is 229 Å². The molecule has 0 radical (unpaired) electrons. The second-order valence-electron chi connectivity index (χ2n) is 15.3. The molecule has 0 fully saturated rings. The number of quaternary nitrogens is 1. The molecule has 0 aliphatic carbocycles. The van der Waals surface area contributed by atoms with Gasteiger partial charge in [-0.3, -0.25) is 0 Å². The zero-order valence-corrected chi connectivity index (χ0v) is 34.4. The quantitative estimate of drug-likeness (QED) is 0.0377. The van der Waals surface area contributed by atoms with Crippen molar-refractivity contribution in [3.05, 3.63) is 71.8 Å². The van der Waals surface area contributed by atoms with Crippen LogP contribution in [0.1, 0.15) is 205 Å². The average molecular weight is 774 g/mol. The molecule has 1 nitrogen and oxygen atoms in total. The highest BCUT2D eigenvalue weighted by Gasteiger charge is 2.27. The fourth-order valence-corrected chi connectivity index (χ4v) is 7.71. The van der Waals surface area contributed by atoms with Crippen LogP contribution in [0.2, 0.25) is 0 Å². The SMILES string of the molecule is CCCCCCCCCCCCCCCC[N+](CCCCCCCCCCCCCCCC)(Cc1ccccc1)Cc1ccccc1.[I-]. The number of hydrogen-bond acceptors (Lipinski definition) is 0. The molecule has 2 aromatic carbocycles. The molecule has 0 N–H and O–H groups in total. The summed E-state index contributed by atoms with van der Waals surface area (Å²) in [4.78, 5) is 0. The van der Waals surface area contributed by atoms with E-state index in [0.717, 1.165) is 0 Å². The molecule has 0 heterocycles. The minimum atomic E-state index is 0. The van der Waals surface area contributed by atoms with E-state index >= 15 is 0 Å². The van der Waals surface area contributed by atoms with Crippen LogP contribution in [0.15, 0.2) is 60.7 Å². The van der Waals surface area contributed by atoms with Crippen molar-refractivity contribution in [2.45, 2.75) is 207 Å². The smallest absolute Gasteiger partial charge is 0.105 e. The first kappa shape index (κ1) is 45.2. The number of nitrogens with zero attached hydrogens (tertiary/aromatic N) is 1. The lowest BCUT2D eigenvalue weighted by atomic mass is 10.0. The summed E-state index contributed by atoms with van der Waals surface area (Å²) in [6.07, 6.45) is 40.2. The van der Waals surface area contributed by atoms with Gasteiger partial charge in [-0.2, -0.15) is 0 Å². The molecule has 0 aliphatic heterocycles. The van der Waals surface area contributed by atoms with Gasteiger partial charge >= 0.3 is 0 Å². The predicted octanol–water partition coefficient (Wildman–Crippen LogP) is 12.2. The Morgan fingerprint density at radius 3 is 0.792 bits per heavy atom. The summed E-state index contributed by atoms with van der Waals surface area (Å²) < 4.78 is 1.23. The van der Waals surface area contributed by atoms with Crippen LogP contribution in [0.5, 0.6) is 0 Å². The van der Waals surface area contributed by atoms with Crippen LogP contribution in [-0.4, -0.2) is 17.6 Å². The summed E-state index contributed by atoms with van der Waals surface area (Å²) in [6.45, 7) is 9.61. The molecule has 0 saturated carbocycles. The summed E-state index contributed by atoms with van der Waals surface area (Å²) >= 11 is 0. The van der Waals surface area contributed by atoms with Crippen LogP contribution in [0.3, 0.4) is 0 Å². The minimum Gasteiger partial charge on any atom is -1.00 e. The van der Waals surface area contributed by atoms with Gasteiger partial charge in [0.15, 0.2) is 0 Å². The Bertz CT molecular complexity index is 821. The first-order chi connectivity index (χ1) is 23.3. The second kappa shape index (κ2) is 33.3. The van der Waals surface area contributed by atoms with Gasteiger partial charge in [0.05, 0.1) is 13.1 Å². The first-order valence-electron chi connectivity index (χ1n) is 21.2. The standard InChI is InChI=1S/C46H80N.HI/c1-3-5-7-9-11-13-15-17-19-21-23-25-27-35-41-47(43-45-37-31-29-32-38-45,44-46-39-33-30-34-40-46)42-36-28-26-24-22-20-18-16-14-12-10-8-6-4-2;/h29-34,37-40H,3-28,35-36,41-44H2,1-2H3;1H/q+1;/p-1. The Kier molecular flexibility index (Phi) is 31.3. The first-order valence-corrected chi connectivity index (χ1v) is 21.2. The topological polar surface area (TPSA) is 0 Å². The predicted molar refractivity (Wildman–Crippen MR) is 211 cm³/mol. The molecule has 0 bridgehead atoms. The molecule has 0 aromatic heterocycles. The summed E-state index contributed by atoms with van der Waals surface area (Å²) in [5, 5.41) is 0. The van der Waals surface area contributed by atoms with Crippen molar-refractivity contribution >= 4 is 0 Å². The molecule has 0 saturated heterocycles. The van der Waals surface area contributed by atoms with Gasteiger partial charge in [-0.05, 0) is 25.7 Å². The molecule has 0 atom stereocenters. The maximum Gasteiger partial charge on any atom is 0.105 e. The van der Waals surface area contributed by atoms with Gasteiger partial charge < -0.3 is 28.5 Å². The highest BCUT2D eigenvalue weighted by Crippen LogP contribution is 2.24. The van der Waals surface area contributed by atoms with Gasteiger partial charge in [0.2, 0.25) is 0 Å². The lowest BCUT2D eigenvalue weighted by Gasteiger charge is -2.39. The van der Waals surface area contributed by atoms with Crippen LogP contribution in [0, 0.1) is 0 Å². The molecule has 2 heteroatoms. The highest BCUT2D eigenvalue weighted by molar-refractivity contribution is 5.15. The normalized spacial score (nSPS) is 11.5. The second-order valence-corrected chi connectivity index (χ2v) is 15.3. The van der Waals surface area contributed by atoms with Gasteiger partial charge in [0.25, 0.3) is 0 Å². The van der Waals surface area contributed by atoms with Crippen molar-refractivity contribution in [1.82, 2.24) is 0 Å². The molecular weight excluding hydrogens is 693 g/mol. The van der Waals surface area contributed by atoms with Crippen molar-refractivity contribution in [1.29, 1.82) is 0 Å². The van der Waals surface area contributed by atoms with Crippen molar-refractivity contribution in [3.8, 4) is 0 Å². The van der Waals surface area contributed by atoms with Gasteiger partial charge in [0, 0.05) is 11.1 Å². The number of rotatable bonds is 34. The van der Waals surface area contributed by atoms with Crippen LogP contribution < -0.4 is 24.0 Å². The lowest BCUT2D eigenvalue weighted by Crippen LogP contribution is -3.00. The van der Waals surface area contributed by atoms with E-state index in [2.05, 4.69) is 74.5 Å². The average Bonchev–Trinajstić information content (AvgIpc) is 3.09. The molecule has 0 aliphatic rings. The Balaban J connectivity index is 0.0000115. The fraction of sp³-hybridized carbons (Fsp3) is 0.739. The van der Waals surface area contributed by atoms with Crippen LogP contribution in [0.25, 0.3) is 0 Å². The molecule has 48 heavy (non-hydrogen) atoms.